The quantitative estimate of drug-likeness (QED) is 0.297. The Morgan fingerprint density at radius 2 is 0.667 bits per heavy atom. The Bertz CT molecular complexity index is 345. The molecule has 0 aliphatic heterocycles. The molecule has 27 heavy (non-hydrogen) atoms. The summed E-state index contributed by atoms with van der Waals surface area (Å²) in [5.41, 5.74) is 3.83. The molecule has 0 aromatic rings. The van der Waals surface area contributed by atoms with E-state index >= 15 is 0 Å². The van der Waals surface area contributed by atoms with E-state index in [1.807, 2.05) is 0 Å². The molecular weight excluding hydrogens is 364 g/mol. The molecule has 0 spiro atoms. The van der Waals surface area contributed by atoms with Crippen LogP contribution in [0.4, 0.5) is 0 Å². The van der Waals surface area contributed by atoms with E-state index in [-0.39, 0.29) is 5.41 Å². The Hall–Kier alpha value is 0.354. The molecule has 0 aliphatic carbocycles. The van der Waals surface area contributed by atoms with Crippen LogP contribution in [0.15, 0.2) is 0 Å². The van der Waals surface area contributed by atoms with Crippen LogP contribution in [0.25, 0.3) is 0 Å². The van der Waals surface area contributed by atoms with Gasteiger partial charge in [0.2, 0.25) is 0 Å². The summed E-state index contributed by atoms with van der Waals surface area (Å²) in [7, 11) is -3.64. The van der Waals surface area contributed by atoms with Gasteiger partial charge in [0.25, 0.3) is 0 Å². The minimum absolute atomic E-state index is 0.0494. The second-order valence-corrected chi connectivity index (χ2v) is 22.3. The van der Waals surface area contributed by atoms with Gasteiger partial charge in [0.1, 0.15) is 0 Å². The zero-order chi connectivity index (χ0) is 21.8. The molecule has 0 bridgehead atoms. The molecule has 0 heterocycles. The van der Waals surface area contributed by atoms with E-state index in [4.69, 9.17) is 8.85 Å². The van der Waals surface area contributed by atoms with E-state index in [2.05, 4.69) is 96.9 Å². The van der Waals surface area contributed by atoms with Gasteiger partial charge in [0.15, 0.2) is 16.6 Å². The van der Waals surface area contributed by atoms with E-state index in [1.165, 1.54) is 0 Å². The summed E-state index contributed by atoms with van der Waals surface area (Å²) in [6, 6.07) is 0. The van der Waals surface area contributed by atoms with Crippen LogP contribution < -0.4 is 0 Å². The van der Waals surface area contributed by atoms with Crippen molar-refractivity contribution in [2.24, 2.45) is 5.41 Å². The first-order valence-electron chi connectivity index (χ1n) is 11.4. The lowest BCUT2D eigenvalue weighted by molar-refractivity contribution is 0.0902. The number of rotatable bonds is 12. The predicted molar refractivity (Wildman–Crippen MR) is 128 cm³/mol. The van der Waals surface area contributed by atoms with Gasteiger partial charge in [-0.15, -0.1) is 0 Å². The molecule has 0 saturated carbocycles. The molecule has 0 N–H and O–H groups in total. The van der Waals surface area contributed by atoms with Crippen LogP contribution in [0, 0.1) is 5.41 Å². The predicted octanol–water partition coefficient (Wildman–Crippen LogP) is 8.40. The molecule has 4 heteroatoms. The smallest absolute Gasteiger partial charge is 0.200 e. The average Bonchev–Trinajstić information content (AvgIpc) is 2.45. The second kappa shape index (κ2) is 10.4. The SMILES string of the molecule is CC(C)[Si](OCC(C)(C)CO[Si](C(C)C)(C(C)C)C(C)C)(C(C)C)C(C)C. The third kappa shape index (κ3) is 6.16. The zero-order valence-corrected chi connectivity index (χ0v) is 23.2. The Labute approximate surface area is 174 Å². The Morgan fingerprint density at radius 3 is 0.815 bits per heavy atom. The van der Waals surface area contributed by atoms with Gasteiger partial charge in [-0.05, 0) is 33.2 Å². The monoisotopic (exact) mass is 416 g/mol. The third-order valence-electron chi connectivity index (χ3n) is 6.84. The minimum atomic E-state index is -1.82. The van der Waals surface area contributed by atoms with Crippen molar-refractivity contribution in [3.8, 4) is 0 Å². The molecule has 2 nitrogen and oxygen atoms in total. The highest BCUT2D eigenvalue weighted by Gasteiger charge is 2.48. The number of hydrogen-bond acceptors (Lipinski definition) is 2. The minimum Gasteiger partial charge on any atom is -0.415 e. The summed E-state index contributed by atoms with van der Waals surface area (Å²) < 4.78 is 13.8. The summed E-state index contributed by atoms with van der Waals surface area (Å²) in [5.74, 6) is 0. The van der Waals surface area contributed by atoms with Crippen LogP contribution in [-0.2, 0) is 8.85 Å². The van der Waals surface area contributed by atoms with Crippen molar-refractivity contribution in [2.75, 3.05) is 13.2 Å². The molecule has 0 unspecified atom stereocenters. The lowest BCUT2D eigenvalue weighted by Gasteiger charge is -2.46. The molecular formula is C23H52O2Si2. The van der Waals surface area contributed by atoms with Gasteiger partial charge in [-0.25, -0.2) is 0 Å². The highest BCUT2D eigenvalue weighted by Crippen LogP contribution is 2.45. The van der Waals surface area contributed by atoms with Crippen molar-refractivity contribution in [3.63, 3.8) is 0 Å². The summed E-state index contributed by atoms with van der Waals surface area (Å²) in [4.78, 5) is 0. The maximum absolute atomic E-state index is 6.90. The van der Waals surface area contributed by atoms with Crippen LogP contribution in [0.1, 0.15) is 96.9 Å². The molecule has 0 saturated heterocycles. The largest absolute Gasteiger partial charge is 0.415 e. The van der Waals surface area contributed by atoms with E-state index in [9.17, 15) is 0 Å². The summed E-state index contributed by atoms with van der Waals surface area (Å²) >= 11 is 0. The lowest BCUT2D eigenvalue weighted by atomic mass is 9.97. The lowest BCUT2D eigenvalue weighted by Crippen LogP contribution is -2.52. The fraction of sp³-hybridized carbons (Fsp3) is 1.00. The Kier molecular flexibility index (Phi) is 10.5. The van der Waals surface area contributed by atoms with Crippen molar-refractivity contribution in [2.45, 2.75) is 130 Å². The summed E-state index contributed by atoms with van der Waals surface area (Å²) in [6.45, 7) is 34.7. The average molecular weight is 417 g/mol. The molecule has 164 valence electrons. The van der Waals surface area contributed by atoms with Crippen LogP contribution in [-0.4, -0.2) is 29.8 Å². The third-order valence-corrected chi connectivity index (χ3v) is 19.0. The van der Waals surface area contributed by atoms with Crippen LogP contribution in [0.5, 0.6) is 0 Å². The van der Waals surface area contributed by atoms with Gasteiger partial charge in [-0.3, -0.25) is 0 Å². The topological polar surface area (TPSA) is 18.5 Å². The molecule has 0 radical (unpaired) electrons. The second-order valence-electron chi connectivity index (χ2n) is 11.4. The van der Waals surface area contributed by atoms with Gasteiger partial charge in [0, 0.05) is 18.6 Å². The van der Waals surface area contributed by atoms with Crippen LogP contribution in [0.3, 0.4) is 0 Å². The van der Waals surface area contributed by atoms with Crippen molar-refractivity contribution >= 4 is 16.6 Å². The molecule has 0 atom stereocenters. The fourth-order valence-corrected chi connectivity index (χ4v) is 17.0. The first-order valence-corrected chi connectivity index (χ1v) is 15.6. The molecule has 0 amide bonds. The number of hydrogen-bond donors (Lipinski definition) is 0. The van der Waals surface area contributed by atoms with Crippen molar-refractivity contribution in [1.82, 2.24) is 0 Å². The first kappa shape index (κ1) is 27.4. The van der Waals surface area contributed by atoms with Gasteiger partial charge in [0.05, 0.1) is 0 Å². The highest BCUT2D eigenvalue weighted by atomic mass is 28.4. The zero-order valence-electron chi connectivity index (χ0n) is 21.2. The van der Waals surface area contributed by atoms with E-state index in [0.717, 1.165) is 13.2 Å². The Morgan fingerprint density at radius 1 is 0.481 bits per heavy atom. The standard InChI is InChI=1S/C23H52O2Si2/c1-17(2)26(18(3)4,19(5)6)24-15-23(13,14)16-25-27(20(7)8,21(9)10)22(11)12/h17-22H,15-16H2,1-14H3. The molecule has 0 aromatic heterocycles. The van der Waals surface area contributed by atoms with Gasteiger partial charge in [-0.1, -0.05) is 96.9 Å². The van der Waals surface area contributed by atoms with Gasteiger partial charge < -0.3 is 8.85 Å². The Balaban J connectivity index is 5.38. The first-order chi connectivity index (χ1) is 12.1. The van der Waals surface area contributed by atoms with Gasteiger partial charge >= 0.3 is 0 Å². The van der Waals surface area contributed by atoms with E-state index in [0.29, 0.717) is 33.2 Å². The molecule has 0 aromatic carbocycles. The highest BCUT2D eigenvalue weighted by molar-refractivity contribution is 6.78. The van der Waals surface area contributed by atoms with Crippen LogP contribution >= 0.6 is 0 Å². The van der Waals surface area contributed by atoms with E-state index < -0.39 is 16.6 Å². The molecule has 0 rings (SSSR count). The maximum Gasteiger partial charge on any atom is 0.200 e. The summed E-state index contributed by atoms with van der Waals surface area (Å²) in [6.07, 6.45) is 0. The van der Waals surface area contributed by atoms with Crippen molar-refractivity contribution < 1.29 is 8.85 Å². The summed E-state index contributed by atoms with van der Waals surface area (Å²) in [5, 5.41) is 0. The molecule has 0 fully saturated rings. The van der Waals surface area contributed by atoms with Crippen LogP contribution in [0.2, 0.25) is 33.2 Å². The van der Waals surface area contributed by atoms with E-state index in [1.54, 1.807) is 0 Å². The van der Waals surface area contributed by atoms with Crippen molar-refractivity contribution in [3.05, 3.63) is 0 Å². The normalized spacial score (nSPS) is 14.7. The molecule has 0 aliphatic rings. The fourth-order valence-electron chi connectivity index (χ4n) is 5.68. The van der Waals surface area contributed by atoms with Gasteiger partial charge in [-0.2, -0.15) is 0 Å². The maximum atomic E-state index is 6.90. The van der Waals surface area contributed by atoms with Crippen molar-refractivity contribution in [1.29, 1.82) is 0 Å².